The minimum Gasteiger partial charge on any atom is -0.478 e. The van der Waals surface area contributed by atoms with Crippen molar-refractivity contribution in [3.8, 4) is 0 Å². The van der Waals surface area contributed by atoms with Gasteiger partial charge in [0.15, 0.2) is 0 Å². The predicted octanol–water partition coefficient (Wildman–Crippen LogP) is 1.93. The zero-order chi connectivity index (χ0) is 10.4. The van der Waals surface area contributed by atoms with Gasteiger partial charge in [-0.25, -0.2) is 4.79 Å². The van der Waals surface area contributed by atoms with E-state index in [-0.39, 0.29) is 0 Å². The lowest BCUT2D eigenvalue weighted by molar-refractivity contribution is -0.131. The normalized spacial score (nSPS) is 10.6. The largest absolute Gasteiger partial charge is 0.478 e. The van der Waals surface area contributed by atoms with Gasteiger partial charge in [0.1, 0.15) is 0 Å². The molecule has 0 amide bonds. The van der Waals surface area contributed by atoms with Crippen LogP contribution in [0.4, 0.5) is 0 Å². The van der Waals surface area contributed by atoms with E-state index in [2.05, 4.69) is 0 Å². The van der Waals surface area contributed by atoms with Crippen LogP contribution in [0.3, 0.4) is 0 Å². The van der Waals surface area contributed by atoms with Crippen molar-refractivity contribution >= 4 is 12.0 Å². The topological polar surface area (TPSA) is 46.5 Å². The molecule has 0 radical (unpaired) electrons. The third-order valence-electron chi connectivity index (χ3n) is 1.71. The second-order valence-corrected chi connectivity index (χ2v) is 2.85. The SMILES string of the molecule is COCc1ccc(/C=C/C(=O)O)cc1. The molecule has 0 fully saturated rings. The average molecular weight is 192 g/mol. The summed E-state index contributed by atoms with van der Waals surface area (Å²) in [6.45, 7) is 0.572. The Morgan fingerprint density at radius 3 is 2.57 bits per heavy atom. The lowest BCUT2D eigenvalue weighted by Crippen LogP contribution is -1.88. The molecule has 14 heavy (non-hydrogen) atoms. The van der Waals surface area contributed by atoms with E-state index in [1.54, 1.807) is 13.2 Å². The number of rotatable bonds is 4. The maximum atomic E-state index is 10.2. The number of methoxy groups -OCH3 is 1. The standard InChI is InChI=1S/C11H12O3/c1-14-8-10-4-2-9(3-5-10)6-7-11(12)13/h2-7H,8H2,1H3,(H,12,13)/b7-6+. The highest BCUT2D eigenvalue weighted by Gasteiger charge is 1.92. The Morgan fingerprint density at radius 1 is 1.43 bits per heavy atom. The summed E-state index contributed by atoms with van der Waals surface area (Å²) in [5, 5.41) is 8.41. The van der Waals surface area contributed by atoms with Gasteiger partial charge < -0.3 is 9.84 Å². The molecule has 0 aromatic heterocycles. The van der Waals surface area contributed by atoms with Gasteiger partial charge in [0, 0.05) is 13.2 Å². The summed E-state index contributed by atoms with van der Waals surface area (Å²) in [6, 6.07) is 7.53. The summed E-state index contributed by atoms with van der Waals surface area (Å²) >= 11 is 0. The van der Waals surface area contributed by atoms with Gasteiger partial charge in [-0.15, -0.1) is 0 Å². The van der Waals surface area contributed by atoms with Crippen LogP contribution in [0.2, 0.25) is 0 Å². The number of benzene rings is 1. The molecule has 3 heteroatoms. The van der Waals surface area contributed by atoms with Gasteiger partial charge in [-0.3, -0.25) is 0 Å². The van der Waals surface area contributed by atoms with Gasteiger partial charge in [0.2, 0.25) is 0 Å². The van der Waals surface area contributed by atoms with Gasteiger partial charge >= 0.3 is 5.97 Å². The van der Waals surface area contributed by atoms with E-state index in [1.165, 1.54) is 0 Å². The summed E-state index contributed by atoms with van der Waals surface area (Å²) in [5.74, 6) is -0.939. The molecule has 0 heterocycles. The molecule has 1 N–H and O–H groups in total. The maximum absolute atomic E-state index is 10.2. The maximum Gasteiger partial charge on any atom is 0.328 e. The van der Waals surface area contributed by atoms with Crippen molar-refractivity contribution in [2.24, 2.45) is 0 Å². The van der Waals surface area contributed by atoms with Crippen molar-refractivity contribution in [3.63, 3.8) is 0 Å². The molecule has 0 saturated heterocycles. The summed E-state index contributed by atoms with van der Waals surface area (Å²) in [4.78, 5) is 10.2. The van der Waals surface area contributed by atoms with Crippen LogP contribution in [-0.4, -0.2) is 18.2 Å². The molecule has 0 bridgehead atoms. The van der Waals surface area contributed by atoms with Gasteiger partial charge in [-0.1, -0.05) is 24.3 Å². The van der Waals surface area contributed by atoms with Crippen LogP contribution in [0.25, 0.3) is 6.08 Å². The smallest absolute Gasteiger partial charge is 0.328 e. The molecular formula is C11H12O3. The number of carbonyl (C=O) groups is 1. The third-order valence-corrected chi connectivity index (χ3v) is 1.71. The van der Waals surface area contributed by atoms with E-state index < -0.39 is 5.97 Å². The molecule has 74 valence electrons. The molecule has 0 aliphatic heterocycles. The number of hydrogen-bond acceptors (Lipinski definition) is 2. The van der Waals surface area contributed by atoms with Crippen LogP contribution in [0.1, 0.15) is 11.1 Å². The summed E-state index contributed by atoms with van der Waals surface area (Å²) in [5.41, 5.74) is 1.94. The highest BCUT2D eigenvalue weighted by atomic mass is 16.5. The lowest BCUT2D eigenvalue weighted by Gasteiger charge is -1.99. The third kappa shape index (κ3) is 3.41. The highest BCUT2D eigenvalue weighted by Crippen LogP contribution is 2.06. The number of ether oxygens (including phenoxy) is 1. The fraction of sp³-hybridized carbons (Fsp3) is 0.182. The first kappa shape index (κ1) is 10.5. The second-order valence-electron chi connectivity index (χ2n) is 2.85. The van der Waals surface area contributed by atoms with Crippen molar-refractivity contribution in [1.29, 1.82) is 0 Å². The molecule has 3 nitrogen and oxygen atoms in total. The second kappa shape index (κ2) is 5.19. The fourth-order valence-corrected chi connectivity index (χ4v) is 1.06. The number of hydrogen-bond donors (Lipinski definition) is 1. The Hall–Kier alpha value is -1.61. The summed E-state index contributed by atoms with van der Waals surface area (Å²) in [7, 11) is 1.64. The van der Waals surface area contributed by atoms with Crippen LogP contribution >= 0.6 is 0 Å². The fourth-order valence-electron chi connectivity index (χ4n) is 1.06. The van der Waals surface area contributed by atoms with Gasteiger partial charge in [0.25, 0.3) is 0 Å². The quantitative estimate of drug-likeness (QED) is 0.741. The van der Waals surface area contributed by atoms with Crippen molar-refractivity contribution in [2.45, 2.75) is 6.61 Å². The first-order valence-electron chi connectivity index (χ1n) is 4.21. The Bertz CT molecular complexity index is 325. The van der Waals surface area contributed by atoms with Crippen LogP contribution < -0.4 is 0 Å². The van der Waals surface area contributed by atoms with E-state index in [4.69, 9.17) is 9.84 Å². The average Bonchev–Trinajstić information content (AvgIpc) is 2.17. The molecule has 0 atom stereocenters. The van der Waals surface area contributed by atoms with E-state index >= 15 is 0 Å². The molecule has 0 aliphatic carbocycles. The molecule has 1 aromatic carbocycles. The van der Waals surface area contributed by atoms with Crippen LogP contribution in [0.5, 0.6) is 0 Å². The van der Waals surface area contributed by atoms with Crippen molar-refractivity contribution in [2.75, 3.05) is 7.11 Å². The highest BCUT2D eigenvalue weighted by molar-refractivity contribution is 5.85. The zero-order valence-electron chi connectivity index (χ0n) is 7.93. The Labute approximate surface area is 82.6 Å². The number of carboxylic acid groups (broad SMARTS) is 1. The molecule has 0 spiro atoms. The monoisotopic (exact) mass is 192 g/mol. The number of aliphatic carboxylic acids is 1. The van der Waals surface area contributed by atoms with Crippen molar-refractivity contribution in [3.05, 3.63) is 41.5 Å². The predicted molar refractivity (Wildman–Crippen MR) is 53.8 cm³/mol. The van der Waals surface area contributed by atoms with Gasteiger partial charge in [-0.05, 0) is 17.2 Å². The Kier molecular flexibility index (Phi) is 3.88. The van der Waals surface area contributed by atoms with Crippen molar-refractivity contribution < 1.29 is 14.6 Å². The van der Waals surface area contributed by atoms with Crippen LogP contribution in [0, 0.1) is 0 Å². The minimum atomic E-state index is -0.939. The minimum absolute atomic E-state index is 0.572. The van der Waals surface area contributed by atoms with Crippen LogP contribution in [0.15, 0.2) is 30.3 Å². The van der Waals surface area contributed by atoms with Gasteiger partial charge in [0.05, 0.1) is 6.61 Å². The van der Waals surface area contributed by atoms with E-state index in [0.717, 1.165) is 17.2 Å². The first-order valence-corrected chi connectivity index (χ1v) is 4.21. The zero-order valence-corrected chi connectivity index (χ0v) is 7.93. The molecule has 0 aliphatic rings. The van der Waals surface area contributed by atoms with E-state index in [9.17, 15) is 4.79 Å². The van der Waals surface area contributed by atoms with Crippen LogP contribution in [-0.2, 0) is 16.1 Å². The van der Waals surface area contributed by atoms with E-state index in [1.807, 2.05) is 24.3 Å². The summed E-state index contributed by atoms with van der Waals surface area (Å²) < 4.78 is 4.95. The molecule has 1 rings (SSSR count). The summed E-state index contributed by atoms with van der Waals surface area (Å²) in [6.07, 6.45) is 2.67. The number of carboxylic acids is 1. The van der Waals surface area contributed by atoms with Gasteiger partial charge in [-0.2, -0.15) is 0 Å². The van der Waals surface area contributed by atoms with E-state index in [0.29, 0.717) is 6.61 Å². The van der Waals surface area contributed by atoms with Crippen molar-refractivity contribution in [1.82, 2.24) is 0 Å². The Morgan fingerprint density at radius 2 is 2.07 bits per heavy atom. The molecular weight excluding hydrogens is 180 g/mol. The lowest BCUT2D eigenvalue weighted by atomic mass is 10.1. The molecule has 0 unspecified atom stereocenters. The Balaban J connectivity index is 2.68. The first-order chi connectivity index (χ1) is 6.72. The molecule has 0 saturated carbocycles. The molecule has 1 aromatic rings.